The van der Waals surface area contributed by atoms with E-state index in [1.165, 1.54) is 0 Å². The van der Waals surface area contributed by atoms with Gasteiger partial charge in [-0.05, 0) is 6.07 Å². The minimum Gasteiger partial charge on any atom is -0.358 e. The average Bonchev–Trinajstić information content (AvgIpc) is 2.47. The Bertz CT molecular complexity index is 722. The van der Waals surface area contributed by atoms with Crippen molar-refractivity contribution in [2.45, 2.75) is 12.0 Å². The molecule has 2 N–H and O–H groups in total. The van der Waals surface area contributed by atoms with Crippen LogP contribution in [0.25, 0.3) is 5.57 Å². The van der Waals surface area contributed by atoms with Gasteiger partial charge in [0.15, 0.2) is 40.7 Å². The number of rotatable bonds is 1. The third-order valence-corrected chi connectivity index (χ3v) is 2.92. The van der Waals surface area contributed by atoms with E-state index in [2.05, 4.69) is 0 Å². The maximum Gasteiger partial charge on any atom is 0.259 e. The summed E-state index contributed by atoms with van der Waals surface area (Å²) >= 11 is 0. The summed E-state index contributed by atoms with van der Waals surface area (Å²) in [4.78, 5) is 0. The van der Waals surface area contributed by atoms with Crippen molar-refractivity contribution < 1.29 is 45.3 Å². The molecular formula is C12H4F8O2. The monoisotopic (exact) mass is 332 g/mol. The second-order valence-corrected chi connectivity index (χ2v) is 4.29. The van der Waals surface area contributed by atoms with Gasteiger partial charge in [0.05, 0.1) is 5.57 Å². The van der Waals surface area contributed by atoms with Crippen molar-refractivity contribution in [2.24, 2.45) is 0 Å². The first-order chi connectivity index (χ1) is 10.0. The summed E-state index contributed by atoms with van der Waals surface area (Å²) in [7, 11) is 0. The first kappa shape index (κ1) is 16.4. The van der Waals surface area contributed by atoms with Crippen LogP contribution in [0.2, 0.25) is 0 Å². The molecule has 1 unspecified atom stereocenters. The van der Waals surface area contributed by atoms with Crippen molar-refractivity contribution in [3.63, 3.8) is 0 Å². The first-order valence-electron chi connectivity index (χ1n) is 5.39. The zero-order chi connectivity index (χ0) is 17.0. The van der Waals surface area contributed by atoms with Crippen LogP contribution in [0.15, 0.2) is 23.5 Å². The van der Waals surface area contributed by atoms with Crippen LogP contribution in [-0.4, -0.2) is 22.2 Å². The molecule has 1 atom stereocenters. The van der Waals surface area contributed by atoms with Gasteiger partial charge in [0, 0.05) is 5.56 Å². The summed E-state index contributed by atoms with van der Waals surface area (Å²) in [5.41, 5.74) is -3.60. The van der Waals surface area contributed by atoms with E-state index >= 15 is 0 Å². The van der Waals surface area contributed by atoms with Crippen molar-refractivity contribution in [3.05, 3.63) is 52.4 Å². The Kier molecular flexibility index (Phi) is 3.78. The Balaban J connectivity index is 2.81. The van der Waals surface area contributed by atoms with Crippen LogP contribution in [0.5, 0.6) is 0 Å². The third-order valence-electron chi connectivity index (χ3n) is 2.92. The lowest BCUT2D eigenvalue weighted by molar-refractivity contribution is -0.183. The van der Waals surface area contributed by atoms with E-state index in [1.807, 2.05) is 0 Å². The molecule has 0 spiro atoms. The highest BCUT2D eigenvalue weighted by Crippen LogP contribution is 2.45. The number of benzene rings is 1. The average molecular weight is 332 g/mol. The lowest BCUT2D eigenvalue weighted by atomic mass is 9.91. The molecule has 0 radical (unpaired) electrons. The summed E-state index contributed by atoms with van der Waals surface area (Å²) in [6.07, 6.45) is -3.60. The van der Waals surface area contributed by atoms with Gasteiger partial charge in [-0.15, -0.1) is 0 Å². The molecule has 0 aromatic heterocycles. The maximum atomic E-state index is 13.6. The Morgan fingerprint density at radius 3 is 1.95 bits per heavy atom. The summed E-state index contributed by atoms with van der Waals surface area (Å²) in [6, 6.07) is -0.232. The molecule has 2 nitrogen and oxygen atoms in total. The largest absolute Gasteiger partial charge is 0.358 e. The zero-order valence-electron chi connectivity index (χ0n) is 10.1. The van der Waals surface area contributed by atoms with Crippen LogP contribution in [0.3, 0.4) is 0 Å². The number of aliphatic hydroxyl groups is 2. The molecule has 0 saturated heterocycles. The molecule has 1 aliphatic rings. The minimum absolute atomic E-state index is 0.232. The van der Waals surface area contributed by atoms with Crippen LogP contribution in [0.4, 0.5) is 35.1 Å². The van der Waals surface area contributed by atoms with E-state index in [0.717, 1.165) is 0 Å². The normalized spacial score (nSPS) is 21.6. The Morgan fingerprint density at radius 1 is 0.864 bits per heavy atom. The van der Waals surface area contributed by atoms with Gasteiger partial charge in [-0.3, -0.25) is 0 Å². The summed E-state index contributed by atoms with van der Waals surface area (Å²) < 4.78 is 106. The Hall–Kier alpha value is -1.94. The molecule has 1 aliphatic carbocycles. The fraction of sp³-hybridized carbons (Fsp3) is 0.167. The number of hydrogen-bond acceptors (Lipinski definition) is 2. The van der Waals surface area contributed by atoms with Crippen molar-refractivity contribution in [1.29, 1.82) is 0 Å². The number of allylic oxidation sites excluding steroid dienone is 2. The number of alkyl halides is 1. The van der Waals surface area contributed by atoms with Crippen LogP contribution < -0.4 is 0 Å². The van der Waals surface area contributed by atoms with E-state index in [4.69, 9.17) is 10.2 Å². The van der Waals surface area contributed by atoms with Gasteiger partial charge in [-0.2, -0.15) is 0 Å². The van der Waals surface area contributed by atoms with Crippen molar-refractivity contribution >= 4 is 5.57 Å². The van der Waals surface area contributed by atoms with E-state index in [-0.39, 0.29) is 6.07 Å². The van der Waals surface area contributed by atoms with Gasteiger partial charge in [0.25, 0.3) is 5.79 Å². The van der Waals surface area contributed by atoms with E-state index in [0.29, 0.717) is 0 Å². The van der Waals surface area contributed by atoms with Crippen LogP contribution in [-0.2, 0) is 0 Å². The van der Waals surface area contributed by atoms with Crippen LogP contribution in [0, 0.1) is 23.3 Å². The highest BCUT2D eigenvalue weighted by Gasteiger charge is 2.51. The Labute approximate surface area is 116 Å². The molecule has 10 heteroatoms. The molecular weight excluding hydrogens is 328 g/mol. The van der Waals surface area contributed by atoms with Gasteiger partial charge >= 0.3 is 0 Å². The van der Waals surface area contributed by atoms with Crippen molar-refractivity contribution in [1.82, 2.24) is 0 Å². The molecule has 0 saturated carbocycles. The number of hydrogen-bond donors (Lipinski definition) is 2. The van der Waals surface area contributed by atoms with Gasteiger partial charge in [0.2, 0.25) is 6.17 Å². The Morgan fingerprint density at radius 2 is 1.41 bits per heavy atom. The lowest BCUT2D eigenvalue weighted by Crippen LogP contribution is -2.43. The molecule has 1 aromatic rings. The van der Waals surface area contributed by atoms with Crippen LogP contribution >= 0.6 is 0 Å². The van der Waals surface area contributed by atoms with Gasteiger partial charge in [-0.25, -0.2) is 35.1 Å². The summed E-state index contributed by atoms with van der Waals surface area (Å²) in [5.74, 6) is -21.0. The fourth-order valence-corrected chi connectivity index (χ4v) is 1.79. The number of halogens is 8. The first-order valence-corrected chi connectivity index (χ1v) is 5.39. The molecule has 2 rings (SSSR count). The highest BCUT2D eigenvalue weighted by molar-refractivity contribution is 5.81. The predicted octanol–water partition coefficient (Wildman–Crippen LogP) is 3.11. The SMILES string of the molecule is OC1(O)C(F)=C(F)C(c2cc(F)c(F)c(F)c2F)=C(F)C1F. The highest BCUT2D eigenvalue weighted by atomic mass is 19.2. The van der Waals surface area contributed by atoms with E-state index in [1.54, 1.807) is 0 Å². The molecule has 22 heavy (non-hydrogen) atoms. The third kappa shape index (κ3) is 2.10. The standard InChI is InChI=1S/C12H4F8O2/c13-3-1-2(5(14)9(18)6(3)15)4-7(16)10(19)12(21,22)11(20)8(4)17/h1,10,21-22H. The summed E-state index contributed by atoms with van der Waals surface area (Å²) in [6.45, 7) is 0. The van der Waals surface area contributed by atoms with Gasteiger partial charge in [0.1, 0.15) is 0 Å². The van der Waals surface area contributed by atoms with E-state index in [9.17, 15) is 35.1 Å². The molecule has 1 aromatic carbocycles. The smallest absolute Gasteiger partial charge is 0.259 e. The van der Waals surface area contributed by atoms with Gasteiger partial charge < -0.3 is 10.2 Å². The maximum absolute atomic E-state index is 13.6. The second kappa shape index (κ2) is 5.06. The lowest BCUT2D eigenvalue weighted by Gasteiger charge is -2.28. The quantitative estimate of drug-likeness (QED) is 0.359. The molecule has 0 heterocycles. The molecule has 0 bridgehead atoms. The summed E-state index contributed by atoms with van der Waals surface area (Å²) in [5, 5.41) is 17.7. The zero-order valence-corrected chi connectivity index (χ0v) is 10.1. The van der Waals surface area contributed by atoms with Crippen molar-refractivity contribution in [3.8, 4) is 0 Å². The van der Waals surface area contributed by atoms with Crippen LogP contribution in [0.1, 0.15) is 5.56 Å². The van der Waals surface area contributed by atoms with E-state index < -0.39 is 63.8 Å². The topological polar surface area (TPSA) is 40.5 Å². The molecule has 0 fully saturated rings. The molecule has 120 valence electrons. The second-order valence-electron chi connectivity index (χ2n) is 4.29. The van der Waals surface area contributed by atoms with Crippen molar-refractivity contribution in [2.75, 3.05) is 0 Å². The van der Waals surface area contributed by atoms with Gasteiger partial charge in [-0.1, -0.05) is 0 Å². The predicted molar refractivity (Wildman–Crippen MR) is 55.6 cm³/mol. The molecule has 0 amide bonds. The fourth-order valence-electron chi connectivity index (χ4n) is 1.79. The molecule has 0 aliphatic heterocycles. The minimum atomic E-state index is -4.22.